The van der Waals surface area contributed by atoms with Crippen LogP contribution < -0.4 is 4.72 Å². The van der Waals surface area contributed by atoms with Crippen LogP contribution in [0.2, 0.25) is 0 Å². The average molecular weight is 339 g/mol. The molecule has 0 aliphatic rings. The molecule has 0 amide bonds. The molecule has 22 heavy (non-hydrogen) atoms. The molecular formula is C13H16F3NO4S. The number of nitrogens with one attached hydrogen (secondary N) is 1. The third-order valence-corrected chi connectivity index (χ3v) is 4.13. The highest BCUT2D eigenvalue weighted by atomic mass is 32.2. The predicted octanol–water partition coefficient (Wildman–Crippen LogP) is 1.94. The standard InChI is InChI=1S/C13H16F3NO4S/c14-13(15,16)9-22(20,21)17-11(6-7-12(18)19)8-10-4-2-1-3-5-10/h1-5,11,17H,6-9H2,(H,18,19). The molecule has 5 nitrogen and oxygen atoms in total. The van der Waals surface area contributed by atoms with E-state index in [-0.39, 0.29) is 19.3 Å². The number of carboxylic acids is 1. The van der Waals surface area contributed by atoms with Gasteiger partial charge < -0.3 is 5.11 Å². The van der Waals surface area contributed by atoms with Crippen LogP contribution >= 0.6 is 0 Å². The van der Waals surface area contributed by atoms with Crippen LogP contribution in [-0.4, -0.2) is 37.5 Å². The Hall–Kier alpha value is -1.61. The summed E-state index contributed by atoms with van der Waals surface area (Å²) in [5.74, 6) is -3.13. The minimum absolute atomic E-state index is 0.0959. The van der Waals surface area contributed by atoms with Crippen LogP contribution in [0, 0.1) is 0 Å². The molecular weight excluding hydrogens is 323 g/mol. The number of hydrogen-bond donors (Lipinski definition) is 2. The molecule has 124 valence electrons. The number of aliphatic carboxylic acids is 1. The Morgan fingerprint density at radius 1 is 1.23 bits per heavy atom. The summed E-state index contributed by atoms with van der Waals surface area (Å²) in [6, 6.07) is 7.61. The Kier molecular flexibility index (Phi) is 6.36. The lowest BCUT2D eigenvalue weighted by molar-refractivity contribution is -0.137. The number of carbonyl (C=O) groups is 1. The van der Waals surface area contributed by atoms with Crippen molar-refractivity contribution in [2.24, 2.45) is 0 Å². The van der Waals surface area contributed by atoms with Crippen molar-refractivity contribution in [2.45, 2.75) is 31.5 Å². The second-order valence-corrected chi connectivity index (χ2v) is 6.57. The highest BCUT2D eigenvalue weighted by Gasteiger charge is 2.36. The summed E-state index contributed by atoms with van der Waals surface area (Å²) in [6.45, 7) is 0. The number of rotatable bonds is 8. The zero-order chi connectivity index (χ0) is 16.8. The van der Waals surface area contributed by atoms with Gasteiger partial charge in [0.2, 0.25) is 10.0 Å². The first kappa shape index (κ1) is 18.4. The number of sulfonamides is 1. The Morgan fingerprint density at radius 2 is 1.82 bits per heavy atom. The third-order valence-electron chi connectivity index (χ3n) is 2.73. The van der Waals surface area contributed by atoms with Crippen LogP contribution in [0.25, 0.3) is 0 Å². The van der Waals surface area contributed by atoms with Crippen molar-refractivity contribution in [3.05, 3.63) is 35.9 Å². The van der Waals surface area contributed by atoms with Crippen molar-refractivity contribution in [3.63, 3.8) is 0 Å². The molecule has 0 radical (unpaired) electrons. The minimum Gasteiger partial charge on any atom is -0.481 e. The lowest BCUT2D eigenvalue weighted by Gasteiger charge is -2.19. The van der Waals surface area contributed by atoms with Gasteiger partial charge in [-0.3, -0.25) is 4.79 Å². The fraction of sp³-hybridized carbons (Fsp3) is 0.462. The molecule has 1 aromatic rings. The first-order valence-electron chi connectivity index (χ1n) is 6.40. The van der Waals surface area contributed by atoms with Crippen LogP contribution in [0.3, 0.4) is 0 Å². The summed E-state index contributed by atoms with van der Waals surface area (Å²) in [7, 11) is -4.57. The first-order chi connectivity index (χ1) is 10.1. The Labute approximate surface area is 126 Å². The minimum atomic E-state index is -4.85. The Morgan fingerprint density at radius 3 is 2.32 bits per heavy atom. The maximum Gasteiger partial charge on any atom is 0.404 e. The number of carboxylic acid groups (broad SMARTS) is 1. The zero-order valence-electron chi connectivity index (χ0n) is 11.5. The van der Waals surface area contributed by atoms with E-state index in [1.165, 1.54) is 0 Å². The molecule has 0 bridgehead atoms. The van der Waals surface area contributed by atoms with Gasteiger partial charge in [-0.05, 0) is 18.4 Å². The SMILES string of the molecule is O=C(O)CCC(Cc1ccccc1)NS(=O)(=O)CC(F)(F)F. The Balaban J connectivity index is 2.79. The maximum absolute atomic E-state index is 12.2. The summed E-state index contributed by atoms with van der Waals surface area (Å²) in [5.41, 5.74) is 0.701. The van der Waals surface area contributed by atoms with Crippen LogP contribution in [0.4, 0.5) is 13.2 Å². The molecule has 9 heteroatoms. The third kappa shape index (κ3) is 7.99. The van der Waals surface area contributed by atoms with Crippen molar-refractivity contribution in [3.8, 4) is 0 Å². The van der Waals surface area contributed by atoms with E-state index in [9.17, 15) is 26.4 Å². The zero-order valence-corrected chi connectivity index (χ0v) is 12.3. The van der Waals surface area contributed by atoms with Crippen LogP contribution in [0.5, 0.6) is 0 Å². The first-order valence-corrected chi connectivity index (χ1v) is 8.05. The van der Waals surface area contributed by atoms with Gasteiger partial charge in [0, 0.05) is 12.5 Å². The quantitative estimate of drug-likeness (QED) is 0.758. The van der Waals surface area contributed by atoms with Crippen LogP contribution in [-0.2, 0) is 21.2 Å². The lowest BCUT2D eigenvalue weighted by Crippen LogP contribution is -2.41. The van der Waals surface area contributed by atoms with Gasteiger partial charge in [0.15, 0.2) is 5.75 Å². The summed E-state index contributed by atoms with van der Waals surface area (Å²) < 4.78 is 61.7. The molecule has 1 unspecified atom stereocenters. The molecule has 0 saturated carbocycles. The molecule has 2 N–H and O–H groups in total. The maximum atomic E-state index is 12.2. The summed E-state index contributed by atoms with van der Waals surface area (Å²) in [6.07, 6.45) is -5.17. The summed E-state index contributed by atoms with van der Waals surface area (Å²) in [4.78, 5) is 10.6. The van der Waals surface area contributed by atoms with E-state index in [1.54, 1.807) is 30.3 Å². The van der Waals surface area contributed by atoms with Gasteiger partial charge in [0.1, 0.15) is 0 Å². The van der Waals surface area contributed by atoms with Crippen molar-refractivity contribution in [2.75, 3.05) is 5.75 Å². The van der Waals surface area contributed by atoms with Gasteiger partial charge in [-0.25, -0.2) is 13.1 Å². The lowest BCUT2D eigenvalue weighted by atomic mass is 10.0. The number of halogens is 3. The normalized spacial score (nSPS) is 13.8. The molecule has 1 rings (SSSR count). The topological polar surface area (TPSA) is 83.5 Å². The van der Waals surface area contributed by atoms with Gasteiger partial charge in [0.25, 0.3) is 0 Å². The summed E-state index contributed by atoms with van der Waals surface area (Å²) in [5, 5.41) is 8.66. The monoisotopic (exact) mass is 339 g/mol. The smallest absolute Gasteiger partial charge is 0.404 e. The number of alkyl halides is 3. The van der Waals surface area contributed by atoms with E-state index in [0.29, 0.717) is 5.56 Å². The second kappa shape index (κ2) is 7.59. The molecule has 0 heterocycles. The van der Waals surface area contributed by atoms with E-state index in [2.05, 4.69) is 0 Å². The summed E-state index contributed by atoms with van der Waals surface area (Å²) >= 11 is 0. The van der Waals surface area contributed by atoms with Crippen molar-refractivity contribution >= 4 is 16.0 Å². The average Bonchev–Trinajstić information content (AvgIpc) is 2.33. The van der Waals surface area contributed by atoms with Gasteiger partial charge >= 0.3 is 12.1 Å². The highest BCUT2D eigenvalue weighted by molar-refractivity contribution is 7.89. The molecule has 0 aromatic heterocycles. The van der Waals surface area contributed by atoms with Crippen LogP contribution in [0.1, 0.15) is 18.4 Å². The molecule has 1 atom stereocenters. The van der Waals surface area contributed by atoms with E-state index in [1.807, 2.05) is 4.72 Å². The highest BCUT2D eigenvalue weighted by Crippen LogP contribution is 2.18. The molecule has 0 fully saturated rings. The van der Waals surface area contributed by atoms with Crippen molar-refractivity contribution in [1.82, 2.24) is 4.72 Å². The molecule has 0 aliphatic heterocycles. The van der Waals surface area contributed by atoms with Gasteiger partial charge in [0.05, 0.1) is 0 Å². The van der Waals surface area contributed by atoms with Crippen LogP contribution in [0.15, 0.2) is 30.3 Å². The van der Waals surface area contributed by atoms with Crippen molar-refractivity contribution in [1.29, 1.82) is 0 Å². The largest absolute Gasteiger partial charge is 0.481 e. The predicted molar refractivity (Wildman–Crippen MR) is 73.8 cm³/mol. The Bertz CT molecular complexity index is 587. The number of benzene rings is 1. The van der Waals surface area contributed by atoms with Gasteiger partial charge in [-0.1, -0.05) is 30.3 Å². The van der Waals surface area contributed by atoms with Crippen molar-refractivity contribution < 1.29 is 31.5 Å². The second-order valence-electron chi connectivity index (χ2n) is 4.81. The molecule has 0 aliphatic carbocycles. The fourth-order valence-corrected chi connectivity index (χ4v) is 3.13. The number of hydrogen-bond acceptors (Lipinski definition) is 3. The molecule has 1 aromatic carbocycles. The molecule has 0 saturated heterocycles. The van der Waals surface area contributed by atoms with Gasteiger partial charge in [-0.2, -0.15) is 13.2 Å². The van der Waals surface area contributed by atoms with E-state index in [4.69, 9.17) is 5.11 Å². The van der Waals surface area contributed by atoms with E-state index >= 15 is 0 Å². The van der Waals surface area contributed by atoms with E-state index in [0.717, 1.165) is 0 Å². The van der Waals surface area contributed by atoms with Gasteiger partial charge in [-0.15, -0.1) is 0 Å². The fourth-order valence-electron chi connectivity index (χ4n) is 1.91. The van der Waals surface area contributed by atoms with E-state index < -0.39 is 34.0 Å². The molecule has 0 spiro atoms.